The number of carbonyl (C=O) groups is 2. The largest absolute Gasteiger partial charge is 0.299 e. The van der Waals surface area contributed by atoms with Crippen molar-refractivity contribution in [2.75, 3.05) is 0 Å². The molecule has 0 radical (unpaired) electrons. The van der Waals surface area contributed by atoms with Crippen molar-refractivity contribution in [1.29, 1.82) is 0 Å². The number of benzene rings is 1. The zero-order valence-electron chi connectivity index (χ0n) is 11.0. The number of Topliss-reactive ketones (excluding diaryl/α,β-unsaturated/α-hetero) is 2. The third kappa shape index (κ3) is 3.81. The Balaban J connectivity index is 2.80. The van der Waals surface area contributed by atoms with Crippen molar-refractivity contribution >= 4 is 11.6 Å². The van der Waals surface area contributed by atoms with Gasteiger partial charge in [-0.15, -0.1) is 0 Å². The van der Waals surface area contributed by atoms with Crippen molar-refractivity contribution in [3.8, 4) is 0 Å². The SMILES string of the molecule is CCc1cccc(C(=O)CC(=O)C(C)(C)C)c1. The van der Waals surface area contributed by atoms with Crippen LogP contribution in [0.3, 0.4) is 0 Å². The second kappa shape index (κ2) is 5.26. The van der Waals surface area contributed by atoms with Gasteiger partial charge >= 0.3 is 0 Å². The fourth-order valence-corrected chi connectivity index (χ4v) is 1.48. The Labute approximate surface area is 103 Å². The molecule has 0 aromatic heterocycles. The summed E-state index contributed by atoms with van der Waals surface area (Å²) in [7, 11) is 0. The first-order valence-electron chi connectivity index (χ1n) is 6.00. The summed E-state index contributed by atoms with van der Waals surface area (Å²) in [5.74, 6) is -0.0929. The number of hydrogen-bond acceptors (Lipinski definition) is 2. The van der Waals surface area contributed by atoms with Gasteiger partial charge in [-0.1, -0.05) is 45.9 Å². The second-order valence-electron chi connectivity index (χ2n) is 5.33. The third-order valence-electron chi connectivity index (χ3n) is 2.81. The van der Waals surface area contributed by atoms with Crippen LogP contribution in [-0.2, 0) is 11.2 Å². The molecule has 1 rings (SSSR count). The van der Waals surface area contributed by atoms with E-state index in [1.807, 2.05) is 45.9 Å². The summed E-state index contributed by atoms with van der Waals surface area (Å²) in [6.07, 6.45) is 0.894. The van der Waals surface area contributed by atoms with E-state index in [-0.39, 0.29) is 18.0 Å². The molecule has 0 heterocycles. The first-order valence-corrected chi connectivity index (χ1v) is 6.00. The molecule has 0 spiro atoms. The summed E-state index contributed by atoms with van der Waals surface area (Å²) in [5.41, 5.74) is 1.32. The van der Waals surface area contributed by atoms with Crippen LogP contribution < -0.4 is 0 Å². The summed E-state index contributed by atoms with van der Waals surface area (Å²) in [6.45, 7) is 7.56. The molecule has 17 heavy (non-hydrogen) atoms. The summed E-state index contributed by atoms with van der Waals surface area (Å²) in [6, 6.07) is 7.51. The van der Waals surface area contributed by atoms with E-state index in [0.717, 1.165) is 12.0 Å². The van der Waals surface area contributed by atoms with Crippen molar-refractivity contribution < 1.29 is 9.59 Å². The fourth-order valence-electron chi connectivity index (χ4n) is 1.48. The van der Waals surface area contributed by atoms with Crippen molar-refractivity contribution in [1.82, 2.24) is 0 Å². The molecule has 0 amide bonds. The minimum absolute atomic E-state index is 0.00331. The first-order chi connectivity index (χ1) is 7.84. The van der Waals surface area contributed by atoms with Gasteiger partial charge in [0.15, 0.2) is 5.78 Å². The minimum Gasteiger partial charge on any atom is -0.299 e. The molecule has 0 atom stereocenters. The molecule has 0 unspecified atom stereocenters. The molecule has 0 saturated heterocycles. The summed E-state index contributed by atoms with van der Waals surface area (Å²) in [4.78, 5) is 23.7. The number of ketones is 2. The van der Waals surface area contributed by atoms with Crippen molar-refractivity contribution in [2.45, 2.75) is 40.5 Å². The van der Waals surface area contributed by atoms with Crippen molar-refractivity contribution in [3.63, 3.8) is 0 Å². The maximum absolute atomic E-state index is 11.9. The Morgan fingerprint density at radius 3 is 2.35 bits per heavy atom. The Morgan fingerprint density at radius 2 is 1.82 bits per heavy atom. The predicted octanol–water partition coefficient (Wildman–Crippen LogP) is 3.44. The van der Waals surface area contributed by atoms with Crippen LogP contribution in [0.1, 0.15) is 50.0 Å². The molecule has 0 N–H and O–H groups in total. The molecule has 0 bridgehead atoms. The van der Waals surface area contributed by atoms with Crippen LogP contribution in [0, 0.1) is 5.41 Å². The zero-order valence-corrected chi connectivity index (χ0v) is 11.0. The molecule has 92 valence electrons. The Morgan fingerprint density at radius 1 is 1.18 bits per heavy atom. The Hall–Kier alpha value is -1.44. The van der Waals surface area contributed by atoms with E-state index >= 15 is 0 Å². The van der Waals surface area contributed by atoms with E-state index < -0.39 is 5.41 Å². The number of carbonyl (C=O) groups excluding carboxylic acids is 2. The molecule has 1 aromatic rings. The predicted molar refractivity (Wildman–Crippen MR) is 69.2 cm³/mol. The van der Waals surface area contributed by atoms with E-state index in [9.17, 15) is 9.59 Å². The molecular weight excluding hydrogens is 212 g/mol. The first kappa shape index (κ1) is 13.6. The van der Waals surface area contributed by atoms with Gasteiger partial charge in [0.05, 0.1) is 6.42 Å². The maximum Gasteiger partial charge on any atom is 0.170 e. The van der Waals surface area contributed by atoms with Crippen LogP contribution in [0.2, 0.25) is 0 Å². The third-order valence-corrected chi connectivity index (χ3v) is 2.81. The van der Waals surface area contributed by atoms with Gasteiger partial charge in [-0.2, -0.15) is 0 Å². The molecular formula is C15H20O2. The number of rotatable bonds is 4. The maximum atomic E-state index is 11.9. The van der Waals surface area contributed by atoms with Crippen molar-refractivity contribution in [3.05, 3.63) is 35.4 Å². The zero-order chi connectivity index (χ0) is 13.1. The highest BCUT2D eigenvalue weighted by Crippen LogP contribution is 2.18. The van der Waals surface area contributed by atoms with Gasteiger partial charge in [0.2, 0.25) is 0 Å². The molecule has 0 aliphatic rings. The number of hydrogen-bond donors (Lipinski definition) is 0. The van der Waals surface area contributed by atoms with Gasteiger partial charge < -0.3 is 0 Å². The van der Waals surface area contributed by atoms with Crippen LogP contribution in [0.4, 0.5) is 0 Å². The van der Waals surface area contributed by atoms with Crippen LogP contribution in [0.25, 0.3) is 0 Å². The molecule has 1 aromatic carbocycles. The molecule has 0 saturated carbocycles. The van der Waals surface area contributed by atoms with Crippen molar-refractivity contribution in [2.24, 2.45) is 5.41 Å². The second-order valence-corrected chi connectivity index (χ2v) is 5.33. The van der Waals surface area contributed by atoms with Crippen LogP contribution in [0.5, 0.6) is 0 Å². The van der Waals surface area contributed by atoms with Gasteiger partial charge in [-0.05, 0) is 18.1 Å². The molecule has 2 nitrogen and oxygen atoms in total. The molecule has 0 fully saturated rings. The highest BCUT2D eigenvalue weighted by Gasteiger charge is 2.24. The van der Waals surface area contributed by atoms with Gasteiger partial charge in [-0.3, -0.25) is 9.59 Å². The molecule has 0 aliphatic carbocycles. The lowest BCUT2D eigenvalue weighted by Gasteiger charge is -2.15. The highest BCUT2D eigenvalue weighted by molar-refractivity contribution is 6.09. The Bertz CT molecular complexity index is 425. The lowest BCUT2D eigenvalue weighted by atomic mass is 9.87. The topological polar surface area (TPSA) is 34.1 Å². The van der Waals surface area contributed by atoms with E-state index in [1.54, 1.807) is 6.07 Å². The van der Waals surface area contributed by atoms with Crippen LogP contribution in [-0.4, -0.2) is 11.6 Å². The van der Waals surface area contributed by atoms with Gasteiger partial charge in [0, 0.05) is 11.0 Å². The smallest absolute Gasteiger partial charge is 0.170 e. The Kier molecular flexibility index (Phi) is 4.22. The highest BCUT2D eigenvalue weighted by atomic mass is 16.1. The quantitative estimate of drug-likeness (QED) is 0.588. The van der Waals surface area contributed by atoms with E-state index in [4.69, 9.17) is 0 Å². The van der Waals surface area contributed by atoms with Crippen LogP contribution >= 0.6 is 0 Å². The fraction of sp³-hybridized carbons (Fsp3) is 0.467. The van der Waals surface area contributed by atoms with E-state index in [1.165, 1.54) is 0 Å². The summed E-state index contributed by atoms with van der Waals surface area (Å²) < 4.78 is 0. The average molecular weight is 232 g/mol. The molecule has 0 aliphatic heterocycles. The lowest BCUT2D eigenvalue weighted by molar-refractivity contribution is -0.125. The van der Waals surface area contributed by atoms with Gasteiger partial charge in [-0.25, -0.2) is 0 Å². The van der Waals surface area contributed by atoms with Gasteiger partial charge in [0.1, 0.15) is 5.78 Å². The minimum atomic E-state index is -0.446. The van der Waals surface area contributed by atoms with E-state index in [0.29, 0.717) is 5.56 Å². The lowest BCUT2D eigenvalue weighted by Crippen LogP contribution is -2.23. The molecule has 2 heteroatoms. The average Bonchev–Trinajstić information content (AvgIpc) is 2.27. The summed E-state index contributed by atoms with van der Waals surface area (Å²) >= 11 is 0. The normalized spacial score (nSPS) is 11.3. The number of aryl methyl sites for hydroxylation is 1. The van der Waals surface area contributed by atoms with E-state index in [2.05, 4.69) is 0 Å². The standard InChI is InChI=1S/C15H20O2/c1-5-11-7-6-8-12(9-11)13(16)10-14(17)15(2,3)4/h6-9H,5,10H2,1-4H3. The van der Waals surface area contributed by atoms with Gasteiger partial charge in [0.25, 0.3) is 0 Å². The summed E-state index contributed by atoms with van der Waals surface area (Å²) in [5, 5.41) is 0. The monoisotopic (exact) mass is 232 g/mol. The van der Waals surface area contributed by atoms with Crippen LogP contribution in [0.15, 0.2) is 24.3 Å².